The Balaban J connectivity index is 1.90. The van der Waals surface area contributed by atoms with Gasteiger partial charge in [-0.2, -0.15) is 0 Å². The van der Waals surface area contributed by atoms with Gasteiger partial charge < -0.3 is 5.11 Å². The molecule has 1 nitrogen and oxygen atoms in total. The van der Waals surface area contributed by atoms with E-state index < -0.39 is 0 Å². The number of hydrogen-bond acceptors (Lipinski definition) is 1. The smallest absolute Gasteiger partial charge is 0.115 e. The van der Waals surface area contributed by atoms with Gasteiger partial charge in [0.2, 0.25) is 0 Å². The number of benzene rings is 1. The first-order valence-corrected chi connectivity index (χ1v) is 8.11. The largest absolute Gasteiger partial charge is 0.508 e. The van der Waals surface area contributed by atoms with Crippen LogP contribution in [-0.4, -0.2) is 5.11 Å². The number of aromatic hydroxyl groups is 1. The van der Waals surface area contributed by atoms with Gasteiger partial charge in [-0.25, -0.2) is 0 Å². The Morgan fingerprint density at radius 3 is 2.89 bits per heavy atom. The van der Waals surface area contributed by atoms with Gasteiger partial charge in [-0.1, -0.05) is 38.7 Å². The Kier molecular flexibility index (Phi) is 3.81. The molecule has 1 saturated carbocycles. The molecule has 1 fully saturated rings. The fourth-order valence-corrected chi connectivity index (χ4v) is 4.44. The average Bonchev–Trinajstić information content (AvgIpc) is 2.45. The normalized spacial score (nSPS) is 29.6. The predicted octanol–water partition coefficient (Wildman–Crippen LogP) is 5.03. The zero-order chi connectivity index (χ0) is 13.2. The molecule has 0 aromatic heterocycles. The molecule has 19 heavy (non-hydrogen) atoms. The summed E-state index contributed by atoms with van der Waals surface area (Å²) < 4.78 is 0. The highest BCUT2D eigenvalue weighted by molar-refractivity contribution is 5.40. The lowest BCUT2D eigenvalue weighted by Crippen LogP contribution is -2.32. The predicted molar refractivity (Wildman–Crippen MR) is 79.5 cm³/mol. The number of rotatable bonds is 3. The Morgan fingerprint density at radius 1 is 1.21 bits per heavy atom. The second-order valence-corrected chi connectivity index (χ2v) is 6.54. The first-order valence-electron chi connectivity index (χ1n) is 8.11. The van der Waals surface area contributed by atoms with Crippen LogP contribution in [0.4, 0.5) is 0 Å². The highest BCUT2D eigenvalue weighted by Gasteiger charge is 2.37. The van der Waals surface area contributed by atoms with Gasteiger partial charge in [0, 0.05) is 0 Å². The summed E-state index contributed by atoms with van der Waals surface area (Å²) in [4.78, 5) is 0. The van der Waals surface area contributed by atoms with Crippen molar-refractivity contribution in [1.29, 1.82) is 0 Å². The van der Waals surface area contributed by atoms with Gasteiger partial charge in [-0.05, 0) is 66.7 Å². The lowest BCUT2D eigenvalue weighted by Gasteiger charge is -2.43. The number of hydrogen-bond donors (Lipinski definition) is 1. The Labute approximate surface area is 117 Å². The molecule has 0 radical (unpaired) electrons. The molecule has 3 rings (SSSR count). The fraction of sp³-hybridized carbons (Fsp3) is 0.667. The van der Waals surface area contributed by atoms with Crippen molar-refractivity contribution in [2.24, 2.45) is 11.8 Å². The van der Waals surface area contributed by atoms with E-state index in [1.54, 1.807) is 0 Å². The molecule has 2 aliphatic rings. The second kappa shape index (κ2) is 5.56. The summed E-state index contributed by atoms with van der Waals surface area (Å²) in [5.41, 5.74) is 2.99. The van der Waals surface area contributed by atoms with Crippen LogP contribution in [-0.2, 0) is 6.42 Å². The first-order chi connectivity index (χ1) is 9.29. The van der Waals surface area contributed by atoms with E-state index in [4.69, 9.17) is 0 Å². The van der Waals surface area contributed by atoms with Crippen molar-refractivity contribution in [3.05, 3.63) is 29.3 Å². The van der Waals surface area contributed by atoms with Gasteiger partial charge in [-0.15, -0.1) is 0 Å². The van der Waals surface area contributed by atoms with Gasteiger partial charge in [0.15, 0.2) is 0 Å². The summed E-state index contributed by atoms with van der Waals surface area (Å²) in [6.07, 6.45) is 10.9. The van der Waals surface area contributed by atoms with Crippen molar-refractivity contribution in [3.8, 4) is 5.75 Å². The number of unbranched alkanes of at least 4 members (excludes halogenated alkanes) is 1. The Hall–Kier alpha value is -0.980. The maximum atomic E-state index is 9.79. The Morgan fingerprint density at radius 2 is 2.05 bits per heavy atom. The van der Waals surface area contributed by atoms with Gasteiger partial charge >= 0.3 is 0 Å². The van der Waals surface area contributed by atoms with Gasteiger partial charge in [-0.3, -0.25) is 0 Å². The topological polar surface area (TPSA) is 20.2 Å². The third-order valence-electron chi connectivity index (χ3n) is 5.36. The van der Waals surface area contributed by atoms with Crippen LogP contribution in [0.1, 0.15) is 68.9 Å². The first kappa shape index (κ1) is 13.0. The molecular weight excluding hydrogens is 232 g/mol. The maximum Gasteiger partial charge on any atom is 0.115 e. The third kappa shape index (κ3) is 2.52. The van der Waals surface area contributed by atoms with Crippen LogP contribution in [0.3, 0.4) is 0 Å². The molecule has 0 amide bonds. The van der Waals surface area contributed by atoms with Crippen molar-refractivity contribution in [2.75, 3.05) is 0 Å². The quantitative estimate of drug-likeness (QED) is 0.806. The van der Waals surface area contributed by atoms with E-state index in [0.717, 1.165) is 17.8 Å². The van der Waals surface area contributed by atoms with Gasteiger partial charge in [0.25, 0.3) is 0 Å². The minimum absolute atomic E-state index is 0.454. The van der Waals surface area contributed by atoms with E-state index in [1.165, 1.54) is 62.5 Å². The van der Waals surface area contributed by atoms with Crippen LogP contribution in [0.15, 0.2) is 18.2 Å². The number of phenolic OH excluding ortho intramolecular Hbond substituents is 1. The Bertz CT molecular complexity index is 437. The van der Waals surface area contributed by atoms with Crippen LogP contribution in [0.2, 0.25) is 0 Å². The molecule has 0 bridgehead atoms. The number of fused-ring (bicyclic) bond motifs is 3. The third-order valence-corrected chi connectivity index (χ3v) is 5.36. The molecule has 2 aliphatic carbocycles. The molecule has 1 heteroatoms. The summed E-state index contributed by atoms with van der Waals surface area (Å²) in [6, 6.07) is 6.10. The van der Waals surface area contributed by atoms with Gasteiger partial charge in [0.05, 0.1) is 0 Å². The van der Waals surface area contributed by atoms with Crippen LogP contribution in [0.25, 0.3) is 0 Å². The standard InChI is InChI=1S/C18H26O/c1-2-3-6-13-11-14-9-10-15(19)12-18(14)17-8-5-4-7-16(13)17/h9-10,12-13,16-17,19H,2-8,11H2,1H3/t13-,16+,17?/m0/s1. The summed E-state index contributed by atoms with van der Waals surface area (Å²) in [5, 5.41) is 9.79. The maximum absolute atomic E-state index is 9.79. The zero-order valence-corrected chi connectivity index (χ0v) is 12.1. The summed E-state index contributed by atoms with van der Waals surface area (Å²) >= 11 is 0. The monoisotopic (exact) mass is 258 g/mol. The molecule has 104 valence electrons. The van der Waals surface area contributed by atoms with Crippen LogP contribution >= 0.6 is 0 Å². The van der Waals surface area contributed by atoms with E-state index in [-0.39, 0.29) is 0 Å². The minimum Gasteiger partial charge on any atom is -0.508 e. The van der Waals surface area contributed by atoms with Crippen molar-refractivity contribution >= 4 is 0 Å². The summed E-state index contributed by atoms with van der Waals surface area (Å²) in [6.45, 7) is 2.30. The molecule has 1 N–H and O–H groups in total. The SMILES string of the molecule is CCCC[C@H]1Cc2ccc(O)cc2C2CCCC[C@@H]21. The van der Waals surface area contributed by atoms with Crippen molar-refractivity contribution < 1.29 is 5.11 Å². The van der Waals surface area contributed by atoms with E-state index in [1.807, 2.05) is 12.1 Å². The molecule has 1 unspecified atom stereocenters. The van der Waals surface area contributed by atoms with Crippen molar-refractivity contribution in [1.82, 2.24) is 0 Å². The summed E-state index contributed by atoms with van der Waals surface area (Å²) in [7, 11) is 0. The van der Waals surface area contributed by atoms with Gasteiger partial charge in [0.1, 0.15) is 5.75 Å². The molecule has 1 aromatic carbocycles. The fourth-order valence-electron chi connectivity index (χ4n) is 4.44. The van der Waals surface area contributed by atoms with Crippen LogP contribution in [0, 0.1) is 11.8 Å². The van der Waals surface area contributed by atoms with E-state index in [9.17, 15) is 5.11 Å². The minimum atomic E-state index is 0.454. The molecule has 1 aromatic rings. The highest BCUT2D eigenvalue weighted by atomic mass is 16.3. The molecule has 0 aliphatic heterocycles. The van der Waals surface area contributed by atoms with Crippen molar-refractivity contribution in [2.45, 2.75) is 64.2 Å². The van der Waals surface area contributed by atoms with Crippen LogP contribution in [0.5, 0.6) is 5.75 Å². The second-order valence-electron chi connectivity index (χ2n) is 6.54. The van der Waals surface area contributed by atoms with E-state index >= 15 is 0 Å². The van der Waals surface area contributed by atoms with Crippen molar-refractivity contribution in [3.63, 3.8) is 0 Å². The summed E-state index contributed by atoms with van der Waals surface area (Å²) in [5.74, 6) is 2.96. The molecular formula is C18H26O. The number of phenols is 1. The lowest BCUT2D eigenvalue weighted by molar-refractivity contribution is 0.182. The lowest BCUT2D eigenvalue weighted by atomic mass is 9.62. The van der Waals surface area contributed by atoms with E-state index in [0.29, 0.717) is 5.75 Å². The zero-order valence-electron chi connectivity index (χ0n) is 12.1. The molecule has 0 saturated heterocycles. The highest BCUT2D eigenvalue weighted by Crippen LogP contribution is 2.49. The average molecular weight is 258 g/mol. The molecule has 3 atom stereocenters. The van der Waals surface area contributed by atoms with Crippen LogP contribution < -0.4 is 0 Å². The molecule has 0 spiro atoms. The molecule has 0 heterocycles. The van der Waals surface area contributed by atoms with E-state index in [2.05, 4.69) is 13.0 Å².